The number of hydrogen-bond acceptors (Lipinski definition) is 6. The summed E-state index contributed by atoms with van der Waals surface area (Å²) in [4.78, 5) is 24.0. The van der Waals surface area contributed by atoms with Gasteiger partial charge in [-0.15, -0.1) is 0 Å². The second-order valence-electron chi connectivity index (χ2n) is 6.95. The van der Waals surface area contributed by atoms with Gasteiger partial charge >= 0.3 is 5.97 Å². The van der Waals surface area contributed by atoms with E-state index in [4.69, 9.17) is 0 Å². The predicted octanol–water partition coefficient (Wildman–Crippen LogP) is 3.88. The summed E-state index contributed by atoms with van der Waals surface area (Å²) in [5.74, 6) is -1.07. The van der Waals surface area contributed by atoms with Crippen molar-refractivity contribution in [2.45, 2.75) is 25.8 Å². The SMILES string of the molecule is COC(=O)Cc1ccc(F)c(-c2cnc(NC(C)(C)c3ncccc3F)nc2)c1. The Morgan fingerprint density at radius 3 is 2.48 bits per heavy atom. The van der Waals surface area contributed by atoms with Crippen LogP contribution in [0.5, 0.6) is 0 Å². The van der Waals surface area contributed by atoms with E-state index < -0.39 is 23.1 Å². The third-order valence-electron chi connectivity index (χ3n) is 4.34. The standard InChI is InChI=1S/C21H20F2N4O2/c1-21(2,19-17(23)5-4-8-24-19)27-20-25-11-14(12-26-20)15-9-13(6-7-16(15)22)10-18(28)29-3/h4-9,11-12H,10H2,1-3H3,(H,25,26,27). The largest absolute Gasteiger partial charge is 0.469 e. The molecule has 0 atom stereocenters. The van der Waals surface area contributed by atoms with Gasteiger partial charge in [-0.3, -0.25) is 9.78 Å². The molecule has 0 spiro atoms. The summed E-state index contributed by atoms with van der Waals surface area (Å²) in [6.45, 7) is 3.51. The average molecular weight is 398 g/mol. The van der Waals surface area contributed by atoms with E-state index in [0.29, 0.717) is 11.1 Å². The van der Waals surface area contributed by atoms with E-state index in [1.54, 1.807) is 19.9 Å². The van der Waals surface area contributed by atoms with Crippen LogP contribution in [0.1, 0.15) is 25.1 Å². The number of benzene rings is 1. The van der Waals surface area contributed by atoms with Crippen LogP contribution in [0.25, 0.3) is 11.1 Å². The van der Waals surface area contributed by atoms with Gasteiger partial charge in [0.1, 0.15) is 17.3 Å². The second kappa shape index (κ2) is 8.30. The maximum Gasteiger partial charge on any atom is 0.309 e. The molecule has 3 rings (SSSR count). The molecular formula is C21H20F2N4O2. The van der Waals surface area contributed by atoms with Crippen molar-refractivity contribution < 1.29 is 18.3 Å². The molecule has 8 heteroatoms. The van der Waals surface area contributed by atoms with Gasteiger partial charge in [-0.25, -0.2) is 18.7 Å². The van der Waals surface area contributed by atoms with Crippen molar-refractivity contribution in [3.05, 3.63) is 71.8 Å². The zero-order valence-electron chi connectivity index (χ0n) is 16.2. The number of rotatable bonds is 6. The normalized spacial score (nSPS) is 11.2. The lowest BCUT2D eigenvalue weighted by molar-refractivity contribution is -0.139. The van der Waals surface area contributed by atoms with Gasteiger partial charge in [-0.2, -0.15) is 0 Å². The molecular weight excluding hydrogens is 378 g/mol. The number of hydrogen-bond donors (Lipinski definition) is 1. The molecule has 0 bridgehead atoms. The van der Waals surface area contributed by atoms with Crippen LogP contribution in [0.2, 0.25) is 0 Å². The zero-order valence-corrected chi connectivity index (χ0v) is 16.2. The van der Waals surface area contributed by atoms with Crippen molar-refractivity contribution in [2.24, 2.45) is 0 Å². The highest BCUT2D eigenvalue weighted by molar-refractivity contribution is 5.73. The summed E-state index contributed by atoms with van der Waals surface area (Å²) in [5.41, 5.74) is 0.699. The summed E-state index contributed by atoms with van der Waals surface area (Å²) in [5, 5.41) is 3.03. The Morgan fingerprint density at radius 2 is 1.83 bits per heavy atom. The molecule has 150 valence electrons. The van der Waals surface area contributed by atoms with Crippen LogP contribution in [-0.2, 0) is 21.5 Å². The van der Waals surface area contributed by atoms with Gasteiger partial charge in [0.25, 0.3) is 0 Å². The minimum atomic E-state index is -0.863. The Bertz CT molecular complexity index is 1020. The van der Waals surface area contributed by atoms with E-state index in [1.807, 2.05) is 0 Å². The van der Waals surface area contributed by atoms with E-state index in [9.17, 15) is 13.6 Å². The highest BCUT2D eigenvalue weighted by atomic mass is 19.1. The molecule has 2 heterocycles. The summed E-state index contributed by atoms with van der Waals surface area (Å²) < 4.78 is 33.0. The number of nitrogens with zero attached hydrogens (tertiary/aromatic N) is 3. The van der Waals surface area contributed by atoms with Gasteiger partial charge < -0.3 is 10.1 Å². The Morgan fingerprint density at radius 1 is 1.10 bits per heavy atom. The van der Waals surface area contributed by atoms with Gasteiger partial charge in [-0.1, -0.05) is 6.07 Å². The molecule has 1 N–H and O–H groups in total. The number of pyridine rings is 1. The smallest absolute Gasteiger partial charge is 0.309 e. The molecule has 3 aromatic rings. The fraction of sp³-hybridized carbons (Fsp3) is 0.238. The minimum absolute atomic E-state index is 0.0358. The van der Waals surface area contributed by atoms with Crippen LogP contribution in [0.15, 0.2) is 48.9 Å². The number of esters is 1. The summed E-state index contributed by atoms with van der Waals surface area (Å²) >= 11 is 0. The van der Waals surface area contributed by atoms with Gasteiger partial charge in [0.15, 0.2) is 0 Å². The Hall–Kier alpha value is -3.42. The fourth-order valence-corrected chi connectivity index (χ4v) is 2.86. The molecule has 0 radical (unpaired) electrons. The van der Waals surface area contributed by atoms with Crippen molar-refractivity contribution in [2.75, 3.05) is 12.4 Å². The first-order chi connectivity index (χ1) is 13.8. The van der Waals surface area contributed by atoms with E-state index >= 15 is 0 Å². The van der Waals surface area contributed by atoms with Crippen LogP contribution < -0.4 is 5.32 Å². The van der Waals surface area contributed by atoms with Crippen LogP contribution >= 0.6 is 0 Å². The molecule has 0 aliphatic rings. The number of halogens is 2. The first-order valence-electron chi connectivity index (χ1n) is 8.87. The lowest BCUT2D eigenvalue weighted by Crippen LogP contribution is -2.31. The Kier molecular flexibility index (Phi) is 5.81. The van der Waals surface area contributed by atoms with E-state index in [1.165, 1.54) is 50.0 Å². The third kappa shape index (κ3) is 4.71. The van der Waals surface area contributed by atoms with E-state index in [0.717, 1.165) is 0 Å². The topological polar surface area (TPSA) is 77.0 Å². The number of carbonyl (C=O) groups is 1. The maximum absolute atomic E-state index is 14.3. The van der Waals surface area contributed by atoms with Crippen LogP contribution in [-0.4, -0.2) is 28.0 Å². The Balaban J connectivity index is 1.83. The van der Waals surface area contributed by atoms with Crippen molar-refractivity contribution in [1.29, 1.82) is 0 Å². The van der Waals surface area contributed by atoms with Crippen molar-refractivity contribution in [3.8, 4) is 11.1 Å². The number of methoxy groups -OCH3 is 1. The summed E-state index contributed by atoms with van der Waals surface area (Å²) in [7, 11) is 1.30. The number of anilines is 1. The molecule has 0 fully saturated rings. The lowest BCUT2D eigenvalue weighted by atomic mass is 9.99. The van der Waals surface area contributed by atoms with Gasteiger partial charge in [0, 0.05) is 29.7 Å². The highest BCUT2D eigenvalue weighted by Gasteiger charge is 2.26. The first-order valence-corrected chi connectivity index (χ1v) is 8.87. The Labute approximate surface area is 167 Å². The molecule has 29 heavy (non-hydrogen) atoms. The zero-order chi connectivity index (χ0) is 21.0. The van der Waals surface area contributed by atoms with Gasteiger partial charge in [0.2, 0.25) is 5.95 Å². The number of aromatic nitrogens is 3. The maximum atomic E-state index is 14.3. The van der Waals surface area contributed by atoms with Gasteiger partial charge in [0.05, 0.1) is 19.1 Å². The van der Waals surface area contributed by atoms with Crippen molar-refractivity contribution in [1.82, 2.24) is 15.0 Å². The first kappa shape index (κ1) is 20.3. The molecule has 0 saturated heterocycles. The second-order valence-corrected chi connectivity index (χ2v) is 6.95. The number of carbonyl (C=O) groups excluding carboxylic acids is 1. The molecule has 0 aliphatic heterocycles. The molecule has 0 unspecified atom stereocenters. The lowest BCUT2D eigenvalue weighted by Gasteiger charge is -2.26. The quantitative estimate of drug-likeness (QED) is 0.635. The molecule has 0 saturated carbocycles. The molecule has 0 aliphatic carbocycles. The monoisotopic (exact) mass is 398 g/mol. The third-order valence-corrected chi connectivity index (χ3v) is 4.34. The van der Waals surface area contributed by atoms with E-state index in [2.05, 4.69) is 25.0 Å². The van der Waals surface area contributed by atoms with E-state index in [-0.39, 0.29) is 23.6 Å². The van der Waals surface area contributed by atoms with Crippen molar-refractivity contribution >= 4 is 11.9 Å². The number of nitrogens with one attached hydrogen (secondary N) is 1. The van der Waals surface area contributed by atoms with Crippen LogP contribution in [0.3, 0.4) is 0 Å². The molecule has 0 amide bonds. The molecule has 6 nitrogen and oxygen atoms in total. The summed E-state index contributed by atoms with van der Waals surface area (Å²) in [6, 6.07) is 7.22. The van der Waals surface area contributed by atoms with Crippen LogP contribution in [0.4, 0.5) is 14.7 Å². The molecule has 2 aromatic heterocycles. The summed E-state index contributed by atoms with van der Waals surface area (Å²) in [6.07, 6.45) is 4.46. The van der Waals surface area contributed by atoms with Crippen LogP contribution in [0, 0.1) is 11.6 Å². The predicted molar refractivity (Wildman–Crippen MR) is 104 cm³/mol. The highest BCUT2D eigenvalue weighted by Crippen LogP contribution is 2.27. The minimum Gasteiger partial charge on any atom is -0.469 e. The van der Waals surface area contributed by atoms with Crippen molar-refractivity contribution in [3.63, 3.8) is 0 Å². The molecule has 1 aromatic carbocycles. The average Bonchev–Trinajstić information content (AvgIpc) is 2.70. The number of ether oxygens (including phenoxy) is 1. The fourth-order valence-electron chi connectivity index (χ4n) is 2.86. The van der Waals surface area contributed by atoms with Gasteiger partial charge in [-0.05, 0) is 43.7 Å².